The fourth-order valence-electron chi connectivity index (χ4n) is 1.30. The Morgan fingerprint density at radius 1 is 1.77 bits per heavy atom. The smallest absolute Gasteiger partial charge is 0.229 e. The number of aryl methyl sites for hydroxylation is 1. The van der Waals surface area contributed by atoms with Crippen molar-refractivity contribution in [2.45, 2.75) is 20.3 Å². The Morgan fingerprint density at radius 2 is 2.46 bits per heavy atom. The van der Waals surface area contributed by atoms with E-state index < -0.39 is 0 Å². The predicted molar refractivity (Wildman–Crippen MR) is 47.1 cm³/mol. The van der Waals surface area contributed by atoms with Gasteiger partial charge >= 0.3 is 0 Å². The zero-order chi connectivity index (χ0) is 9.42. The van der Waals surface area contributed by atoms with Gasteiger partial charge < -0.3 is 9.84 Å². The van der Waals surface area contributed by atoms with Crippen LogP contribution in [0.15, 0.2) is 10.8 Å². The summed E-state index contributed by atoms with van der Waals surface area (Å²) in [4.78, 5) is 11.4. The number of hydrogen-bond acceptors (Lipinski definition) is 3. The second kappa shape index (κ2) is 2.87. The van der Waals surface area contributed by atoms with Gasteiger partial charge in [0.25, 0.3) is 0 Å². The maximum absolute atomic E-state index is 11.4. The number of rotatable bonds is 2. The van der Waals surface area contributed by atoms with Gasteiger partial charge in [-0.1, -0.05) is 12.1 Å². The highest BCUT2D eigenvalue weighted by atomic mass is 16.5. The van der Waals surface area contributed by atoms with Gasteiger partial charge in [0.15, 0.2) is 5.82 Å². The van der Waals surface area contributed by atoms with E-state index in [4.69, 9.17) is 4.52 Å². The zero-order valence-corrected chi connectivity index (χ0v) is 7.70. The van der Waals surface area contributed by atoms with Gasteiger partial charge in [0.05, 0.1) is 0 Å². The summed E-state index contributed by atoms with van der Waals surface area (Å²) in [7, 11) is 0. The van der Waals surface area contributed by atoms with E-state index in [0.717, 1.165) is 12.0 Å². The topological polar surface area (TPSA) is 55.1 Å². The summed E-state index contributed by atoms with van der Waals surface area (Å²) in [6.45, 7) is 3.92. The molecular weight excluding hydrogens is 168 g/mol. The van der Waals surface area contributed by atoms with Crippen LogP contribution in [0.3, 0.4) is 0 Å². The highest BCUT2D eigenvalue weighted by molar-refractivity contribution is 5.93. The van der Waals surface area contributed by atoms with Crippen LogP contribution in [0.4, 0.5) is 5.82 Å². The van der Waals surface area contributed by atoms with Crippen molar-refractivity contribution >= 4 is 11.7 Å². The highest BCUT2D eigenvalue weighted by Gasteiger charge is 2.39. The number of carbonyl (C=O) groups is 1. The Labute approximate surface area is 76.3 Å². The summed E-state index contributed by atoms with van der Waals surface area (Å²) in [6.07, 6.45) is 2.51. The molecule has 1 aromatic rings. The number of nitrogens with one attached hydrogen (secondary N) is 1. The van der Waals surface area contributed by atoms with Crippen LogP contribution in [0.2, 0.25) is 0 Å². The van der Waals surface area contributed by atoms with Crippen LogP contribution in [0.5, 0.6) is 0 Å². The molecule has 13 heavy (non-hydrogen) atoms. The first-order valence-electron chi connectivity index (χ1n) is 4.40. The molecule has 2 rings (SSSR count). The third-order valence-electron chi connectivity index (χ3n) is 2.43. The SMILES string of the molecule is Cc1conc1NC(=O)[C@H]1C[C@@H]1C. The molecule has 0 spiro atoms. The van der Waals surface area contributed by atoms with E-state index >= 15 is 0 Å². The molecule has 0 aliphatic heterocycles. The van der Waals surface area contributed by atoms with Crippen LogP contribution in [-0.4, -0.2) is 11.1 Å². The number of nitrogens with zero attached hydrogens (tertiary/aromatic N) is 1. The summed E-state index contributed by atoms with van der Waals surface area (Å²) in [5, 5.41) is 6.42. The Hall–Kier alpha value is -1.32. The fourth-order valence-corrected chi connectivity index (χ4v) is 1.30. The van der Waals surface area contributed by atoms with E-state index in [1.807, 2.05) is 6.92 Å². The van der Waals surface area contributed by atoms with E-state index in [0.29, 0.717) is 11.7 Å². The van der Waals surface area contributed by atoms with E-state index in [2.05, 4.69) is 17.4 Å². The van der Waals surface area contributed by atoms with Crippen LogP contribution >= 0.6 is 0 Å². The molecule has 1 aliphatic carbocycles. The van der Waals surface area contributed by atoms with Gasteiger partial charge in [-0.05, 0) is 19.3 Å². The first-order valence-corrected chi connectivity index (χ1v) is 4.40. The van der Waals surface area contributed by atoms with Crippen LogP contribution in [0.1, 0.15) is 18.9 Å². The molecule has 4 heteroatoms. The Bertz CT molecular complexity index is 332. The number of carbonyl (C=O) groups excluding carboxylic acids is 1. The lowest BCUT2D eigenvalue weighted by atomic mass is 10.3. The summed E-state index contributed by atoms with van der Waals surface area (Å²) in [5.74, 6) is 1.30. The van der Waals surface area contributed by atoms with Crippen LogP contribution < -0.4 is 5.32 Å². The molecule has 2 atom stereocenters. The Balaban J connectivity index is 1.99. The predicted octanol–water partition coefficient (Wildman–Crippen LogP) is 1.58. The summed E-state index contributed by atoms with van der Waals surface area (Å²) < 4.78 is 4.71. The Morgan fingerprint density at radius 3 is 2.92 bits per heavy atom. The van der Waals surface area contributed by atoms with Crippen LogP contribution in [0.25, 0.3) is 0 Å². The largest absolute Gasteiger partial charge is 0.362 e. The fraction of sp³-hybridized carbons (Fsp3) is 0.556. The van der Waals surface area contributed by atoms with Crippen molar-refractivity contribution in [3.63, 3.8) is 0 Å². The molecular formula is C9H12N2O2. The molecule has 0 bridgehead atoms. The molecule has 1 saturated carbocycles. The monoisotopic (exact) mass is 180 g/mol. The molecule has 1 aliphatic rings. The van der Waals surface area contributed by atoms with E-state index in [9.17, 15) is 4.79 Å². The lowest BCUT2D eigenvalue weighted by Gasteiger charge is -1.99. The van der Waals surface area contributed by atoms with Gasteiger partial charge in [0, 0.05) is 11.5 Å². The number of aromatic nitrogens is 1. The summed E-state index contributed by atoms with van der Waals surface area (Å²) in [5.41, 5.74) is 0.863. The van der Waals surface area contributed by atoms with Crippen molar-refractivity contribution in [2.24, 2.45) is 11.8 Å². The normalized spacial score (nSPS) is 25.7. The van der Waals surface area contributed by atoms with Crippen molar-refractivity contribution in [3.05, 3.63) is 11.8 Å². The minimum Gasteiger partial charge on any atom is -0.362 e. The highest BCUT2D eigenvalue weighted by Crippen LogP contribution is 2.38. The number of amides is 1. The van der Waals surface area contributed by atoms with Crippen molar-refractivity contribution < 1.29 is 9.32 Å². The van der Waals surface area contributed by atoms with Crippen molar-refractivity contribution in [3.8, 4) is 0 Å². The van der Waals surface area contributed by atoms with Gasteiger partial charge in [-0.15, -0.1) is 0 Å². The van der Waals surface area contributed by atoms with Crippen molar-refractivity contribution in [1.82, 2.24) is 5.16 Å². The summed E-state index contributed by atoms with van der Waals surface area (Å²) in [6, 6.07) is 0. The lowest BCUT2D eigenvalue weighted by Crippen LogP contribution is -2.15. The number of hydrogen-bond donors (Lipinski definition) is 1. The first kappa shape index (κ1) is 8.29. The molecule has 0 aromatic carbocycles. The summed E-state index contributed by atoms with van der Waals surface area (Å²) >= 11 is 0. The maximum Gasteiger partial charge on any atom is 0.229 e. The molecule has 1 fully saturated rings. The first-order chi connectivity index (χ1) is 6.18. The van der Waals surface area contributed by atoms with Crippen LogP contribution in [0, 0.1) is 18.8 Å². The third kappa shape index (κ3) is 1.56. The third-order valence-corrected chi connectivity index (χ3v) is 2.43. The Kier molecular flexibility index (Phi) is 1.83. The maximum atomic E-state index is 11.4. The molecule has 1 amide bonds. The van der Waals surface area contributed by atoms with Crippen molar-refractivity contribution in [1.29, 1.82) is 0 Å². The molecule has 4 nitrogen and oxygen atoms in total. The molecule has 1 aromatic heterocycles. The van der Waals surface area contributed by atoms with Gasteiger partial charge in [0.1, 0.15) is 6.26 Å². The molecule has 1 N–H and O–H groups in total. The standard InChI is InChI=1S/C9H12N2O2/c1-5-3-7(5)9(12)10-8-6(2)4-13-11-8/h4-5,7H,3H2,1-2H3,(H,10,11,12)/t5-,7-/m0/s1. The second-order valence-electron chi connectivity index (χ2n) is 3.65. The minimum absolute atomic E-state index is 0.0597. The van der Waals surface area contributed by atoms with Crippen molar-refractivity contribution in [2.75, 3.05) is 5.32 Å². The molecule has 70 valence electrons. The van der Waals surface area contributed by atoms with Gasteiger partial charge in [-0.3, -0.25) is 4.79 Å². The quantitative estimate of drug-likeness (QED) is 0.751. The molecule has 0 radical (unpaired) electrons. The minimum atomic E-state index is 0.0597. The zero-order valence-electron chi connectivity index (χ0n) is 7.70. The van der Waals surface area contributed by atoms with Gasteiger partial charge in [-0.25, -0.2) is 0 Å². The van der Waals surface area contributed by atoms with E-state index in [-0.39, 0.29) is 11.8 Å². The molecule has 0 saturated heterocycles. The second-order valence-corrected chi connectivity index (χ2v) is 3.65. The lowest BCUT2D eigenvalue weighted by molar-refractivity contribution is -0.117. The molecule has 1 heterocycles. The van der Waals surface area contributed by atoms with E-state index in [1.165, 1.54) is 6.26 Å². The van der Waals surface area contributed by atoms with E-state index in [1.54, 1.807) is 0 Å². The molecule has 0 unspecified atom stereocenters. The van der Waals surface area contributed by atoms with Gasteiger partial charge in [0.2, 0.25) is 5.91 Å². The van der Waals surface area contributed by atoms with Gasteiger partial charge in [-0.2, -0.15) is 0 Å². The average molecular weight is 180 g/mol. The average Bonchev–Trinajstić information content (AvgIpc) is 2.68. The van der Waals surface area contributed by atoms with Crippen LogP contribution in [-0.2, 0) is 4.79 Å². The number of anilines is 1.